The highest BCUT2D eigenvalue weighted by molar-refractivity contribution is 7.89. The molecule has 0 aliphatic carbocycles. The molecule has 18 heavy (non-hydrogen) atoms. The molecule has 0 aliphatic heterocycles. The van der Waals surface area contributed by atoms with E-state index in [1.165, 1.54) is 0 Å². The lowest BCUT2D eigenvalue weighted by atomic mass is 10.1. The summed E-state index contributed by atoms with van der Waals surface area (Å²) in [6.45, 7) is 4.04. The third kappa shape index (κ3) is 2.77. The molecule has 1 heterocycles. The Morgan fingerprint density at radius 2 is 2.00 bits per heavy atom. The van der Waals surface area contributed by atoms with Gasteiger partial charge in [-0.3, -0.25) is 5.10 Å². The predicted molar refractivity (Wildman–Crippen MR) is 68.5 cm³/mol. The Kier molecular flexibility index (Phi) is 3.49. The molecule has 0 saturated heterocycles. The highest BCUT2D eigenvalue weighted by Crippen LogP contribution is 2.14. The molecule has 6 heteroatoms. The lowest BCUT2D eigenvalue weighted by Crippen LogP contribution is -2.23. The van der Waals surface area contributed by atoms with E-state index in [0.717, 1.165) is 16.8 Å². The Morgan fingerprint density at radius 1 is 1.22 bits per heavy atom. The smallest absolute Gasteiger partial charge is 0.240 e. The molecule has 0 amide bonds. The van der Waals surface area contributed by atoms with Gasteiger partial charge in [-0.05, 0) is 43.2 Å². The molecule has 2 rings (SSSR count). The summed E-state index contributed by atoms with van der Waals surface area (Å²) < 4.78 is 26.6. The second-order valence-corrected chi connectivity index (χ2v) is 5.92. The van der Waals surface area contributed by atoms with Crippen LogP contribution in [0.5, 0.6) is 0 Å². The fourth-order valence-corrected chi connectivity index (χ4v) is 2.61. The normalized spacial score (nSPS) is 11.7. The van der Waals surface area contributed by atoms with E-state index >= 15 is 0 Å². The summed E-state index contributed by atoms with van der Waals surface area (Å²) in [7, 11) is -3.47. The molecule has 0 spiro atoms. The Balaban J connectivity index is 2.17. The molecule has 0 saturated carbocycles. The van der Waals surface area contributed by atoms with E-state index < -0.39 is 10.0 Å². The first-order chi connectivity index (χ1) is 8.49. The number of H-pyrrole nitrogens is 1. The van der Waals surface area contributed by atoms with Gasteiger partial charge in [0, 0.05) is 6.20 Å². The molecule has 0 radical (unpaired) electrons. The van der Waals surface area contributed by atoms with E-state index in [2.05, 4.69) is 14.9 Å². The molecule has 1 aromatic carbocycles. The lowest BCUT2D eigenvalue weighted by Gasteiger charge is -2.07. The number of aryl methyl sites for hydroxylation is 2. The van der Waals surface area contributed by atoms with Crippen LogP contribution in [0.15, 0.2) is 35.4 Å². The van der Waals surface area contributed by atoms with E-state index in [4.69, 9.17) is 0 Å². The van der Waals surface area contributed by atoms with Crippen molar-refractivity contribution in [2.24, 2.45) is 0 Å². The Bertz CT molecular complexity index is 633. The number of nitrogens with zero attached hydrogens (tertiary/aromatic N) is 1. The van der Waals surface area contributed by atoms with Crippen LogP contribution in [-0.4, -0.2) is 18.6 Å². The first-order valence-electron chi connectivity index (χ1n) is 5.54. The molecule has 0 atom stereocenters. The van der Waals surface area contributed by atoms with Gasteiger partial charge in [-0.1, -0.05) is 6.07 Å². The predicted octanol–water partition coefficient (Wildman–Crippen LogP) is 1.51. The number of aromatic amines is 1. The zero-order valence-electron chi connectivity index (χ0n) is 10.3. The molecule has 0 bridgehead atoms. The summed E-state index contributed by atoms with van der Waals surface area (Å²) in [5, 5.41) is 6.47. The van der Waals surface area contributed by atoms with Crippen molar-refractivity contribution in [2.75, 3.05) is 0 Å². The standard InChI is InChI=1S/C12H15N3O2S/c1-9-3-4-12(7-10(9)2)18(16,17)14-8-11-5-6-13-15-11/h3-7,14H,8H2,1-2H3,(H,13,15). The van der Waals surface area contributed by atoms with Crippen LogP contribution in [0.25, 0.3) is 0 Å². The van der Waals surface area contributed by atoms with Crippen molar-refractivity contribution in [3.05, 3.63) is 47.3 Å². The molecule has 5 nitrogen and oxygen atoms in total. The van der Waals surface area contributed by atoms with E-state index in [1.807, 2.05) is 13.8 Å². The number of aromatic nitrogens is 2. The molecule has 0 aliphatic rings. The molecule has 2 N–H and O–H groups in total. The zero-order valence-corrected chi connectivity index (χ0v) is 11.1. The number of hydrogen-bond acceptors (Lipinski definition) is 3. The van der Waals surface area contributed by atoms with Crippen LogP contribution >= 0.6 is 0 Å². The van der Waals surface area contributed by atoms with Gasteiger partial charge in [0.25, 0.3) is 0 Å². The second kappa shape index (κ2) is 4.91. The topological polar surface area (TPSA) is 74.8 Å². The van der Waals surface area contributed by atoms with Crippen LogP contribution in [0.1, 0.15) is 16.8 Å². The fraction of sp³-hybridized carbons (Fsp3) is 0.250. The van der Waals surface area contributed by atoms with Gasteiger partial charge in [-0.15, -0.1) is 0 Å². The van der Waals surface area contributed by atoms with Gasteiger partial charge >= 0.3 is 0 Å². The Hall–Kier alpha value is -1.66. The highest BCUT2D eigenvalue weighted by Gasteiger charge is 2.14. The van der Waals surface area contributed by atoms with Crippen LogP contribution in [-0.2, 0) is 16.6 Å². The number of benzene rings is 1. The molecular weight excluding hydrogens is 250 g/mol. The Labute approximate surface area is 106 Å². The van der Waals surface area contributed by atoms with Crippen LogP contribution in [0.4, 0.5) is 0 Å². The summed E-state index contributed by atoms with van der Waals surface area (Å²) in [6, 6.07) is 6.81. The molecule has 96 valence electrons. The average Bonchev–Trinajstić information content (AvgIpc) is 2.83. The number of sulfonamides is 1. The van der Waals surface area contributed by atoms with E-state index in [9.17, 15) is 8.42 Å². The molecule has 0 fully saturated rings. The average molecular weight is 265 g/mol. The molecule has 1 aromatic heterocycles. The maximum Gasteiger partial charge on any atom is 0.240 e. The number of nitrogens with one attached hydrogen (secondary N) is 2. The van der Waals surface area contributed by atoms with Crippen LogP contribution in [0.2, 0.25) is 0 Å². The molecular formula is C12H15N3O2S. The summed E-state index contributed by atoms with van der Waals surface area (Å²) in [6.07, 6.45) is 1.58. The maximum absolute atomic E-state index is 12.0. The van der Waals surface area contributed by atoms with Crippen LogP contribution in [0.3, 0.4) is 0 Å². The molecule has 2 aromatic rings. The monoisotopic (exact) mass is 265 g/mol. The third-order valence-corrected chi connectivity index (χ3v) is 4.20. The lowest BCUT2D eigenvalue weighted by molar-refractivity contribution is 0.580. The summed E-state index contributed by atoms with van der Waals surface area (Å²) >= 11 is 0. The van der Waals surface area contributed by atoms with Crippen molar-refractivity contribution < 1.29 is 8.42 Å². The van der Waals surface area contributed by atoms with E-state index in [1.54, 1.807) is 30.5 Å². The van der Waals surface area contributed by atoms with E-state index in [-0.39, 0.29) is 11.4 Å². The van der Waals surface area contributed by atoms with E-state index in [0.29, 0.717) is 0 Å². The zero-order chi connectivity index (χ0) is 13.2. The third-order valence-electron chi connectivity index (χ3n) is 2.80. The van der Waals surface area contributed by atoms with Gasteiger partial charge in [-0.25, -0.2) is 13.1 Å². The van der Waals surface area contributed by atoms with Gasteiger partial charge in [0.15, 0.2) is 0 Å². The van der Waals surface area contributed by atoms with Gasteiger partial charge in [0.1, 0.15) is 0 Å². The van der Waals surface area contributed by atoms with Crippen molar-refractivity contribution in [3.8, 4) is 0 Å². The van der Waals surface area contributed by atoms with Crippen molar-refractivity contribution >= 4 is 10.0 Å². The number of rotatable bonds is 4. The maximum atomic E-state index is 12.0. The quantitative estimate of drug-likeness (QED) is 0.879. The fourth-order valence-electron chi connectivity index (χ4n) is 1.52. The second-order valence-electron chi connectivity index (χ2n) is 4.15. The summed E-state index contributed by atoms with van der Waals surface area (Å²) in [5.41, 5.74) is 2.75. The van der Waals surface area contributed by atoms with Gasteiger partial charge in [0.05, 0.1) is 17.1 Å². The minimum Gasteiger partial charge on any atom is -0.281 e. The number of hydrogen-bond donors (Lipinski definition) is 2. The first-order valence-corrected chi connectivity index (χ1v) is 7.02. The van der Waals surface area contributed by atoms with Crippen molar-refractivity contribution in [3.63, 3.8) is 0 Å². The summed E-state index contributed by atoms with van der Waals surface area (Å²) in [4.78, 5) is 0.283. The van der Waals surface area contributed by atoms with Crippen LogP contribution in [0, 0.1) is 13.8 Å². The SMILES string of the molecule is Cc1ccc(S(=O)(=O)NCc2ccn[nH]2)cc1C. The van der Waals surface area contributed by atoms with Crippen molar-refractivity contribution in [1.82, 2.24) is 14.9 Å². The van der Waals surface area contributed by atoms with Crippen molar-refractivity contribution in [1.29, 1.82) is 0 Å². The van der Waals surface area contributed by atoms with Gasteiger partial charge in [-0.2, -0.15) is 5.10 Å². The van der Waals surface area contributed by atoms with Crippen LogP contribution < -0.4 is 4.72 Å². The largest absolute Gasteiger partial charge is 0.281 e. The summed E-state index contributed by atoms with van der Waals surface area (Å²) in [5.74, 6) is 0. The molecule has 0 unspecified atom stereocenters. The van der Waals surface area contributed by atoms with Gasteiger partial charge < -0.3 is 0 Å². The Morgan fingerprint density at radius 3 is 2.61 bits per heavy atom. The minimum atomic E-state index is -3.47. The first kappa shape index (κ1) is 12.8. The minimum absolute atomic E-state index is 0.204. The van der Waals surface area contributed by atoms with Gasteiger partial charge in [0.2, 0.25) is 10.0 Å². The highest BCUT2D eigenvalue weighted by atomic mass is 32.2. The van der Waals surface area contributed by atoms with Crippen molar-refractivity contribution in [2.45, 2.75) is 25.3 Å².